The Labute approximate surface area is 195 Å². The summed E-state index contributed by atoms with van der Waals surface area (Å²) in [6.45, 7) is 5.69. The molecule has 1 aromatic heterocycles. The number of thiophene rings is 1. The Morgan fingerprint density at radius 3 is 2.50 bits per heavy atom. The van der Waals surface area contributed by atoms with E-state index >= 15 is 0 Å². The normalized spacial score (nSPS) is 20.7. The molecule has 0 radical (unpaired) electrons. The van der Waals surface area contributed by atoms with Gasteiger partial charge in [-0.05, 0) is 23.3 Å². The maximum absolute atomic E-state index is 13.1. The van der Waals surface area contributed by atoms with Crippen LogP contribution in [-0.4, -0.2) is 70.9 Å². The summed E-state index contributed by atoms with van der Waals surface area (Å²) < 4.78 is 5.12. The van der Waals surface area contributed by atoms with E-state index in [1.165, 1.54) is 18.9 Å². The molecule has 4 heterocycles. The number of thioether (sulfide) groups is 1. The number of fused-ring (bicyclic) bond motifs is 1. The number of hydrogen-bond acceptors (Lipinski definition) is 8. The average molecular weight is 475 g/mol. The Morgan fingerprint density at radius 1 is 1.19 bits per heavy atom. The number of esters is 1. The number of amidine groups is 1. The lowest BCUT2D eigenvalue weighted by molar-refractivity contribution is -0.138. The van der Waals surface area contributed by atoms with E-state index in [1.54, 1.807) is 28.1 Å². The quantitative estimate of drug-likeness (QED) is 0.611. The van der Waals surface area contributed by atoms with Crippen molar-refractivity contribution in [3.05, 3.63) is 44.8 Å². The minimum Gasteiger partial charge on any atom is -0.466 e. The number of methoxy groups -OCH3 is 1. The minimum atomic E-state index is -0.397. The summed E-state index contributed by atoms with van der Waals surface area (Å²) in [6.07, 6.45) is 0.822. The SMILES string of the molecule is CCC1=C(C(=O)OC)C(c2cccs2)N2C(CC(=O)N3CCN(C(C)=O)CC3)=CSC2=N1. The summed E-state index contributed by atoms with van der Waals surface area (Å²) in [5.74, 6) is -0.351. The van der Waals surface area contributed by atoms with Crippen LogP contribution in [0.2, 0.25) is 0 Å². The lowest BCUT2D eigenvalue weighted by atomic mass is 9.98. The maximum atomic E-state index is 13.1. The zero-order valence-electron chi connectivity index (χ0n) is 18.4. The highest BCUT2D eigenvalue weighted by Crippen LogP contribution is 2.46. The first-order chi connectivity index (χ1) is 15.4. The molecule has 32 heavy (non-hydrogen) atoms. The monoisotopic (exact) mass is 474 g/mol. The molecule has 1 atom stereocenters. The van der Waals surface area contributed by atoms with Gasteiger partial charge in [-0.2, -0.15) is 0 Å². The van der Waals surface area contributed by atoms with Crippen LogP contribution in [0.1, 0.15) is 37.6 Å². The molecule has 3 aliphatic heterocycles. The van der Waals surface area contributed by atoms with Gasteiger partial charge in [-0.25, -0.2) is 9.79 Å². The number of allylic oxidation sites excluding steroid dienone is 1. The average Bonchev–Trinajstić information content (AvgIpc) is 3.48. The summed E-state index contributed by atoms with van der Waals surface area (Å²) in [5, 5.41) is 4.71. The third-order valence-corrected chi connectivity index (χ3v) is 7.67. The predicted octanol–water partition coefficient (Wildman–Crippen LogP) is 2.97. The summed E-state index contributed by atoms with van der Waals surface area (Å²) in [7, 11) is 1.38. The lowest BCUT2D eigenvalue weighted by Gasteiger charge is -2.37. The summed E-state index contributed by atoms with van der Waals surface area (Å²) in [6, 6.07) is 3.59. The van der Waals surface area contributed by atoms with Crippen LogP contribution < -0.4 is 0 Å². The van der Waals surface area contributed by atoms with Gasteiger partial charge in [-0.3, -0.25) is 9.59 Å². The van der Waals surface area contributed by atoms with Gasteiger partial charge < -0.3 is 19.4 Å². The number of hydrogen-bond donors (Lipinski definition) is 0. The van der Waals surface area contributed by atoms with E-state index < -0.39 is 5.97 Å². The third-order valence-electron chi connectivity index (χ3n) is 5.85. The molecule has 0 saturated carbocycles. The van der Waals surface area contributed by atoms with Crippen molar-refractivity contribution in [1.82, 2.24) is 14.7 Å². The molecule has 0 spiro atoms. The molecule has 4 rings (SSSR count). The third kappa shape index (κ3) is 4.21. The summed E-state index contributed by atoms with van der Waals surface area (Å²) in [4.78, 5) is 48.8. The minimum absolute atomic E-state index is 0.0103. The molecular weight excluding hydrogens is 448 g/mol. The van der Waals surface area contributed by atoms with Crippen LogP contribution in [0.4, 0.5) is 0 Å². The number of carbonyl (C=O) groups excluding carboxylic acids is 3. The Bertz CT molecular complexity index is 1010. The Balaban J connectivity index is 1.59. The van der Waals surface area contributed by atoms with Crippen molar-refractivity contribution in [3.63, 3.8) is 0 Å². The van der Waals surface area contributed by atoms with Gasteiger partial charge >= 0.3 is 5.97 Å². The molecule has 2 amide bonds. The van der Waals surface area contributed by atoms with E-state index in [1.807, 2.05) is 34.7 Å². The topological polar surface area (TPSA) is 82.5 Å². The van der Waals surface area contributed by atoms with Crippen molar-refractivity contribution in [2.45, 2.75) is 32.7 Å². The van der Waals surface area contributed by atoms with Crippen LogP contribution in [-0.2, 0) is 19.1 Å². The van der Waals surface area contributed by atoms with E-state index in [2.05, 4.69) is 0 Å². The fourth-order valence-corrected chi connectivity index (χ4v) is 5.93. The molecule has 0 bridgehead atoms. The molecular formula is C22H26N4O4S2. The number of piperazine rings is 1. The number of nitrogens with zero attached hydrogens (tertiary/aromatic N) is 4. The zero-order valence-corrected chi connectivity index (χ0v) is 20.0. The Morgan fingerprint density at radius 2 is 1.91 bits per heavy atom. The maximum Gasteiger partial charge on any atom is 0.338 e. The van der Waals surface area contributed by atoms with Crippen molar-refractivity contribution in [1.29, 1.82) is 0 Å². The second kappa shape index (κ2) is 9.50. The van der Waals surface area contributed by atoms with Crippen molar-refractivity contribution in [2.75, 3.05) is 33.3 Å². The second-order valence-electron chi connectivity index (χ2n) is 7.68. The zero-order chi connectivity index (χ0) is 22.8. The van der Waals surface area contributed by atoms with Gasteiger partial charge in [0.05, 0.1) is 24.8 Å². The molecule has 1 unspecified atom stereocenters. The molecule has 1 aromatic rings. The van der Waals surface area contributed by atoms with Gasteiger partial charge in [0, 0.05) is 43.7 Å². The molecule has 3 aliphatic rings. The first kappa shape index (κ1) is 22.6. The van der Waals surface area contributed by atoms with E-state index in [-0.39, 0.29) is 24.3 Å². The highest BCUT2D eigenvalue weighted by molar-refractivity contribution is 8.16. The fraction of sp³-hybridized carbons (Fsp3) is 0.455. The summed E-state index contributed by atoms with van der Waals surface area (Å²) in [5.41, 5.74) is 2.06. The Hall–Kier alpha value is -2.59. The number of ether oxygens (including phenoxy) is 1. The molecule has 1 saturated heterocycles. The molecule has 0 N–H and O–H groups in total. The molecule has 0 aromatic carbocycles. The van der Waals surface area contributed by atoms with Gasteiger partial charge in [-0.15, -0.1) is 11.3 Å². The Kier molecular flexibility index (Phi) is 6.71. The van der Waals surface area contributed by atoms with Crippen molar-refractivity contribution >= 4 is 46.0 Å². The van der Waals surface area contributed by atoms with Crippen LogP contribution in [0.15, 0.2) is 44.9 Å². The van der Waals surface area contributed by atoms with Crippen LogP contribution in [0.5, 0.6) is 0 Å². The largest absolute Gasteiger partial charge is 0.466 e. The van der Waals surface area contributed by atoms with Gasteiger partial charge in [-0.1, -0.05) is 24.8 Å². The number of rotatable bonds is 5. The van der Waals surface area contributed by atoms with Crippen LogP contribution >= 0.6 is 23.1 Å². The van der Waals surface area contributed by atoms with E-state index in [0.29, 0.717) is 38.2 Å². The molecule has 170 valence electrons. The molecule has 8 nitrogen and oxygen atoms in total. The fourth-order valence-electron chi connectivity index (χ4n) is 4.17. The predicted molar refractivity (Wildman–Crippen MR) is 125 cm³/mol. The number of amides is 2. The smallest absolute Gasteiger partial charge is 0.338 e. The summed E-state index contributed by atoms with van der Waals surface area (Å²) >= 11 is 3.04. The highest BCUT2D eigenvalue weighted by Gasteiger charge is 2.42. The van der Waals surface area contributed by atoms with Gasteiger partial charge in [0.15, 0.2) is 5.17 Å². The van der Waals surface area contributed by atoms with Gasteiger partial charge in [0.1, 0.15) is 6.04 Å². The van der Waals surface area contributed by atoms with Gasteiger partial charge in [0.2, 0.25) is 11.8 Å². The van der Waals surface area contributed by atoms with Crippen molar-refractivity contribution in [2.24, 2.45) is 4.99 Å². The first-order valence-corrected chi connectivity index (χ1v) is 12.3. The molecule has 10 heteroatoms. The highest BCUT2D eigenvalue weighted by atomic mass is 32.2. The van der Waals surface area contributed by atoms with E-state index in [9.17, 15) is 14.4 Å². The van der Waals surface area contributed by atoms with Crippen LogP contribution in [0, 0.1) is 0 Å². The van der Waals surface area contributed by atoms with Gasteiger partial charge in [0.25, 0.3) is 0 Å². The van der Waals surface area contributed by atoms with E-state index in [0.717, 1.165) is 21.4 Å². The standard InChI is InChI=1S/C22H26N4O4S2/c1-4-16-19(21(29)30-3)20(17-6-5-11-31-17)26-15(13-32-22(26)23-16)12-18(28)25-9-7-24(8-10-25)14(2)27/h5-6,11,13,20H,4,7-10,12H2,1-3H3. The van der Waals surface area contributed by atoms with Crippen LogP contribution in [0.3, 0.4) is 0 Å². The van der Waals surface area contributed by atoms with Crippen molar-refractivity contribution in [3.8, 4) is 0 Å². The first-order valence-electron chi connectivity index (χ1n) is 10.6. The second-order valence-corrected chi connectivity index (χ2v) is 9.49. The number of aliphatic imine (C=N–C) groups is 1. The molecule has 0 aliphatic carbocycles. The lowest BCUT2D eigenvalue weighted by Crippen LogP contribution is -2.50. The number of carbonyl (C=O) groups is 3. The van der Waals surface area contributed by atoms with Crippen molar-refractivity contribution < 1.29 is 19.1 Å². The molecule has 1 fully saturated rings. The van der Waals surface area contributed by atoms with Crippen LogP contribution in [0.25, 0.3) is 0 Å². The van der Waals surface area contributed by atoms with E-state index in [4.69, 9.17) is 9.73 Å².